The number of methoxy groups -OCH3 is 1. The Balaban J connectivity index is 1.44. The fourth-order valence-corrected chi connectivity index (χ4v) is 4.96. The summed E-state index contributed by atoms with van der Waals surface area (Å²) in [6, 6.07) is 6.59. The predicted molar refractivity (Wildman–Crippen MR) is 115 cm³/mol. The summed E-state index contributed by atoms with van der Waals surface area (Å²) in [4.78, 5) is 13.4. The fraction of sp³-hybridized carbons (Fsp3) is 0.250. The maximum Gasteiger partial charge on any atom is 0.341 e. The molecule has 0 fully saturated rings. The van der Waals surface area contributed by atoms with Crippen LogP contribution in [-0.2, 0) is 24.1 Å². The zero-order valence-electron chi connectivity index (χ0n) is 15.7. The second-order valence-corrected chi connectivity index (χ2v) is 8.16. The largest absolute Gasteiger partial charge is 0.465 e. The van der Waals surface area contributed by atoms with Crippen molar-refractivity contribution in [3.63, 3.8) is 0 Å². The number of halogens is 1. The van der Waals surface area contributed by atoms with Crippen LogP contribution in [0.4, 0.5) is 15.1 Å². The maximum absolute atomic E-state index is 13.8. The molecule has 4 rings (SSSR count). The molecule has 0 saturated heterocycles. The van der Waals surface area contributed by atoms with Crippen molar-refractivity contribution in [3.05, 3.63) is 64.0 Å². The number of hydrogen-bond acceptors (Lipinski definition) is 5. The van der Waals surface area contributed by atoms with Crippen LogP contribution in [0.2, 0.25) is 0 Å². The van der Waals surface area contributed by atoms with E-state index in [1.165, 1.54) is 29.4 Å². The van der Waals surface area contributed by atoms with Gasteiger partial charge >= 0.3 is 5.97 Å². The number of aromatic nitrogens is 2. The topological polar surface area (TPSA) is 68.2 Å². The molecular formula is C20H19FN4O2S2. The van der Waals surface area contributed by atoms with Crippen molar-refractivity contribution in [2.45, 2.75) is 25.8 Å². The summed E-state index contributed by atoms with van der Waals surface area (Å²) < 4.78 is 20.4. The highest BCUT2D eigenvalue weighted by Crippen LogP contribution is 2.39. The van der Waals surface area contributed by atoms with E-state index in [0.717, 1.165) is 24.8 Å². The van der Waals surface area contributed by atoms with Crippen molar-refractivity contribution in [3.8, 4) is 0 Å². The van der Waals surface area contributed by atoms with Crippen LogP contribution in [0.3, 0.4) is 0 Å². The summed E-state index contributed by atoms with van der Waals surface area (Å²) in [6.07, 6.45) is 6.26. The van der Waals surface area contributed by atoms with Crippen molar-refractivity contribution in [2.24, 2.45) is 0 Å². The molecule has 0 saturated carbocycles. The highest BCUT2D eigenvalue weighted by molar-refractivity contribution is 7.80. The monoisotopic (exact) mass is 430 g/mol. The Morgan fingerprint density at radius 1 is 1.34 bits per heavy atom. The first kappa shape index (κ1) is 19.5. The Kier molecular flexibility index (Phi) is 5.59. The number of benzene rings is 1. The van der Waals surface area contributed by atoms with Gasteiger partial charge in [0.15, 0.2) is 5.11 Å². The summed E-state index contributed by atoms with van der Waals surface area (Å²) in [6.45, 7) is 0.318. The molecule has 2 heterocycles. The van der Waals surface area contributed by atoms with Crippen molar-refractivity contribution in [2.75, 3.05) is 17.7 Å². The number of anilines is 2. The van der Waals surface area contributed by atoms with Crippen molar-refractivity contribution in [1.82, 2.24) is 9.78 Å². The number of hydrogen-bond donors (Lipinski definition) is 2. The Morgan fingerprint density at radius 3 is 2.97 bits per heavy atom. The Hall–Kier alpha value is -2.78. The quantitative estimate of drug-likeness (QED) is 0.467. The summed E-state index contributed by atoms with van der Waals surface area (Å²) in [5.74, 6) is -0.622. The number of rotatable bonds is 5. The van der Waals surface area contributed by atoms with Gasteiger partial charge in [-0.05, 0) is 43.1 Å². The molecule has 29 heavy (non-hydrogen) atoms. The second-order valence-electron chi connectivity index (χ2n) is 6.65. The summed E-state index contributed by atoms with van der Waals surface area (Å²) >= 11 is 6.94. The van der Waals surface area contributed by atoms with Crippen molar-refractivity contribution in [1.29, 1.82) is 0 Å². The third-order valence-electron chi connectivity index (χ3n) is 4.72. The van der Waals surface area contributed by atoms with Gasteiger partial charge in [-0.25, -0.2) is 9.18 Å². The van der Waals surface area contributed by atoms with Crippen molar-refractivity contribution < 1.29 is 13.9 Å². The second kappa shape index (κ2) is 8.30. The summed E-state index contributed by atoms with van der Waals surface area (Å²) in [5, 5.41) is 11.5. The summed E-state index contributed by atoms with van der Waals surface area (Å²) in [7, 11) is 1.38. The number of carbonyl (C=O) groups is 1. The molecule has 0 unspecified atom stereocenters. The number of nitrogens with one attached hydrogen (secondary N) is 2. The number of nitrogens with zero attached hydrogens (tertiary/aromatic N) is 2. The average Bonchev–Trinajstić information content (AvgIpc) is 3.39. The maximum atomic E-state index is 13.8. The molecular weight excluding hydrogens is 411 g/mol. The lowest BCUT2D eigenvalue weighted by molar-refractivity contribution is 0.0601. The lowest BCUT2D eigenvalue weighted by atomic mass is 10.1. The first-order chi connectivity index (χ1) is 14.0. The molecule has 0 amide bonds. The minimum absolute atomic E-state index is 0.268. The van der Waals surface area contributed by atoms with Crippen LogP contribution < -0.4 is 10.6 Å². The Bertz CT molecular complexity index is 1080. The number of ether oxygens (including phenoxy) is 1. The van der Waals surface area contributed by atoms with E-state index in [0.29, 0.717) is 33.5 Å². The zero-order valence-corrected chi connectivity index (χ0v) is 17.3. The first-order valence-corrected chi connectivity index (χ1v) is 10.3. The molecule has 0 spiro atoms. The fourth-order valence-electron chi connectivity index (χ4n) is 3.39. The van der Waals surface area contributed by atoms with E-state index in [1.54, 1.807) is 35.3 Å². The van der Waals surface area contributed by atoms with Gasteiger partial charge in [0, 0.05) is 16.6 Å². The number of carbonyl (C=O) groups excluding carboxylic acids is 1. The minimum atomic E-state index is -0.354. The highest BCUT2D eigenvalue weighted by Gasteiger charge is 2.27. The van der Waals surface area contributed by atoms with E-state index in [2.05, 4.69) is 15.7 Å². The molecule has 150 valence electrons. The Morgan fingerprint density at radius 2 is 2.17 bits per heavy atom. The van der Waals surface area contributed by atoms with Crippen LogP contribution in [0, 0.1) is 5.82 Å². The third-order valence-corrected chi connectivity index (χ3v) is 6.13. The number of thiocarbonyl (C=S) groups is 1. The van der Waals surface area contributed by atoms with Gasteiger partial charge in [0.2, 0.25) is 0 Å². The number of fused-ring (bicyclic) bond motifs is 1. The van der Waals surface area contributed by atoms with Crippen LogP contribution in [0.25, 0.3) is 0 Å². The van der Waals surface area contributed by atoms with E-state index in [1.807, 2.05) is 0 Å². The number of aryl methyl sites for hydroxylation is 1. The lowest BCUT2D eigenvalue weighted by Gasteiger charge is -2.10. The highest BCUT2D eigenvalue weighted by atomic mass is 32.1. The van der Waals surface area contributed by atoms with Crippen molar-refractivity contribution >= 4 is 45.3 Å². The normalized spacial score (nSPS) is 12.5. The molecule has 0 atom stereocenters. The summed E-state index contributed by atoms with van der Waals surface area (Å²) in [5.41, 5.74) is 2.86. The zero-order chi connectivity index (χ0) is 20.4. The number of thiophene rings is 1. The van der Waals surface area contributed by atoms with Crippen LogP contribution in [0.1, 0.15) is 32.8 Å². The Labute approximate surface area is 176 Å². The molecule has 2 N–H and O–H groups in total. The van der Waals surface area contributed by atoms with E-state index in [9.17, 15) is 9.18 Å². The molecule has 3 aromatic rings. The molecule has 6 nitrogen and oxygen atoms in total. The van der Waals surface area contributed by atoms with E-state index in [-0.39, 0.29) is 11.8 Å². The van der Waals surface area contributed by atoms with Gasteiger partial charge in [-0.15, -0.1) is 11.3 Å². The minimum Gasteiger partial charge on any atom is -0.465 e. The number of esters is 1. The predicted octanol–water partition coefficient (Wildman–Crippen LogP) is 4.22. The van der Waals surface area contributed by atoms with E-state index < -0.39 is 0 Å². The molecule has 0 radical (unpaired) electrons. The van der Waals surface area contributed by atoms with E-state index >= 15 is 0 Å². The molecule has 1 aliphatic carbocycles. The van der Waals surface area contributed by atoms with Crippen LogP contribution in [-0.4, -0.2) is 28.0 Å². The molecule has 0 bridgehead atoms. The third kappa shape index (κ3) is 4.15. The molecule has 9 heteroatoms. The average molecular weight is 431 g/mol. The van der Waals surface area contributed by atoms with Gasteiger partial charge in [0.1, 0.15) is 10.8 Å². The molecule has 0 aliphatic heterocycles. The van der Waals surface area contributed by atoms with Gasteiger partial charge < -0.3 is 15.4 Å². The SMILES string of the molecule is COC(=O)c1c(NC(=S)Nc2cnn(Cc3ccccc3F)c2)sc2c1CCC2. The standard InChI is InChI=1S/C20H19FN4O2S2/c1-27-19(26)17-14-6-4-8-16(14)29-18(17)24-20(28)23-13-9-22-25(11-13)10-12-5-2-3-7-15(12)21/h2-3,5,7,9,11H,4,6,8,10H2,1H3,(H2,23,24,28). The van der Waals surface area contributed by atoms with Gasteiger partial charge in [-0.1, -0.05) is 18.2 Å². The smallest absolute Gasteiger partial charge is 0.341 e. The van der Waals surface area contributed by atoms with Gasteiger partial charge in [-0.3, -0.25) is 4.68 Å². The van der Waals surface area contributed by atoms with Gasteiger partial charge in [0.05, 0.1) is 31.1 Å². The molecule has 2 aromatic heterocycles. The van der Waals surface area contributed by atoms with Crippen LogP contribution in [0.5, 0.6) is 0 Å². The van der Waals surface area contributed by atoms with E-state index in [4.69, 9.17) is 17.0 Å². The van der Waals surface area contributed by atoms with Gasteiger partial charge in [-0.2, -0.15) is 5.10 Å². The first-order valence-electron chi connectivity index (χ1n) is 9.12. The lowest BCUT2D eigenvalue weighted by Crippen LogP contribution is -2.20. The molecule has 1 aliphatic rings. The van der Waals surface area contributed by atoms with Gasteiger partial charge in [0.25, 0.3) is 0 Å². The van der Waals surface area contributed by atoms with Crippen LogP contribution in [0.15, 0.2) is 36.7 Å². The van der Waals surface area contributed by atoms with Crippen LogP contribution >= 0.6 is 23.6 Å². The molecule has 1 aromatic carbocycles.